The van der Waals surface area contributed by atoms with E-state index in [1.165, 1.54) is 0 Å². The van der Waals surface area contributed by atoms with Gasteiger partial charge in [-0.15, -0.1) is 0 Å². The van der Waals surface area contributed by atoms with Crippen LogP contribution in [0, 0.1) is 34.5 Å². The monoisotopic (exact) mass is 504 g/mol. The lowest BCUT2D eigenvalue weighted by molar-refractivity contribution is -0.270. The van der Waals surface area contributed by atoms with Crippen LogP contribution in [-0.4, -0.2) is 64.2 Å². The first-order valence-corrected chi connectivity index (χ1v) is 14.3. The quantitative estimate of drug-likeness (QED) is 0.399. The predicted molar refractivity (Wildman–Crippen MR) is 132 cm³/mol. The number of aliphatic hydroxyl groups excluding tert-OH is 2. The number of esters is 1. The largest absolute Gasteiger partial charge is 0.458 e. The van der Waals surface area contributed by atoms with Crippen LogP contribution in [0.25, 0.3) is 0 Å². The number of aliphatic hydroxyl groups is 3. The highest BCUT2D eigenvalue weighted by atomic mass is 16.7. The summed E-state index contributed by atoms with van der Waals surface area (Å²) < 4.78 is 17.4. The number of hydrogen-bond acceptors (Lipinski definition) is 7. The lowest BCUT2D eigenvalue weighted by Crippen LogP contribution is -2.62. The predicted octanol–water partition coefficient (Wildman–Crippen LogP) is 3.49. The van der Waals surface area contributed by atoms with Gasteiger partial charge in [0.25, 0.3) is 0 Å². The summed E-state index contributed by atoms with van der Waals surface area (Å²) in [5.41, 5.74) is 0.404. The molecule has 202 valence electrons. The minimum Gasteiger partial charge on any atom is -0.458 e. The van der Waals surface area contributed by atoms with Gasteiger partial charge in [-0.2, -0.15) is 0 Å². The molecule has 0 amide bonds. The molecule has 0 radical (unpaired) electrons. The van der Waals surface area contributed by atoms with Crippen molar-refractivity contribution in [2.75, 3.05) is 6.61 Å². The summed E-state index contributed by atoms with van der Waals surface area (Å²) in [4.78, 5) is 11.8. The summed E-state index contributed by atoms with van der Waals surface area (Å²) in [6, 6.07) is 0. The molecular weight excluding hydrogens is 460 g/mol. The lowest BCUT2D eigenvalue weighted by atomic mass is 9.43. The van der Waals surface area contributed by atoms with E-state index in [1.54, 1.807) is 13.0 Å². The van der Waals surface area contributed by atoms with Crippen LogP contribution in [-0.2, 0) is 19.0 Å². The average molecular weight is 505 g/mol. The number of hydrogen-bond donors (Lipinski definition) is 3. The smallest absolute Gasteiger partial charge is 0.331 e. The van der Waals surface area contributed by atoms with Crippen molar-refractivity contribution >= 4 is 5.97 Å². The standard InChI is InChI=1S/C29H44O7/c1-16-26(32)23(30)14-25(35-16)36-19-6-9-27(2)18(13-19)4-5-22-21(27)7-10-28(3)20(8-11-29(22,28)33)17-12-24(31)34-15-17/h12,16,18-23,25-26,30,32-33H,4-11,13-15H2,1-3H3/t16?,18-,19?,20-,21?,22?,23-,25+,26-,27+,28-,29+/m1/s1. The molecule has 1 saturated heterocycles. The molecule has 6 aliphatic rings. The summed E-state index contributed by atoms with van der Waals surface area (Å²) in [6.07, 6.45) is 8.64. The van der Waals surface area contributed by atoms with Crippen LogP contribution in [0.4, 0.5) is 0 Å². The molecule has 0 bridgehead atoms. The van der Waals surface area contributed by atoms with E-state index in [4.69, 9.17) is 14.2 Å². The first-order valence-electron chi connectivity index (χ1n) is 14.3. The Kier molecular flexibility index (Phi) is 6.16. The van der Waals surface area contributed by atoms with Crippen LogP contribution in [0.5, 0.6) is 0 Å². The Bertz CT molecular complexity index is 907. The third kappa shape index (κ3) is 3.67. The normalized spacial score (nSPS) is 54.8. The summed E-state index contributed by atoms with van der Waals surface area (Å²) in [5, 5.41) is 32.5. The second-order valence-corrected chi connectivity index (χ2v) is 13.4. The van der Waals surface area contributed by atoms with Crippen molar-refractivity contribution in [2.24, 2.45) is 34.5 Å². The van der Waals surface area contributed by atoms with Gasteiger partial charge in [-0.3, -0.25) is 0 Å². The second kappa shape index (κ2) is 8.77. The van der Waals surface area contributed by atoms with Crippen molar-refractivity contribution in [3.8, 4) is 0 Å². The molecule has 0 aromatic heterocycles. The number of rotatable bonds is 3. The minimum atomic E-state index is -0.856. The lowest BCUT2D eigenvalue weighted by Gasteiger charge is -2.63. The summed E-state index contributed by atoms with van der Waals surface area (Å²) in [7, 11) is 0. The number of carbonyl (C=O) groups excluding carboxylic acids is 1. The van der Waals surface area contributed by atoms with Crippen LogP contribution < -0.4 is 0 Å². The van der Waals surface area contributed by atoms with E-state index >= 15 is 0 Å². The van der Waals surface area contributed by atoms with Gasteiger partial charge in [-0.25, -0.2) is 4.79 Å². The first-order chi connectivity index (χ1) is 17.0. The molecule has 0 aromatic carbocycles. The van der Waals surface area contributed by atoms with Gasteiger partial charge in [0.1, 0.15) is 12.7 Å². The number of carbonyl (C=O) groups is 1. The average Bonchev–Trinajstić information content (AvgIpc) is 3.37. The van der Waals surface area contributed by atoms with Crippen LogP contribution in [0.1, 0.15) is 85.0 Å². The number of cyclic esters (lactones) is 1. The molecule has 0 aromatic rings. The molecule has 2 aliphatic heterocycles. The van der Waals surface area contributed by atoms with Gasteiger partial charge in [0.15, 0.2) is 6.29 Å². The molecule has 4 saturated carbocycles. The van der Waals surface area contributed by atoms with Gasteiger partial charge >= 0.3 is 5.97 Å². The zero-order chi connectivity index (χ0) is 25.5. The van der Waals surface area contributed by atoms with Crippen LogP contribution >= 0.6 is 0 Å². The highest BCUT2D eigenvalue weighted by molar-refractivity contribution is 5.85. The number of fused-ring (bicyclic) bond motifs is 5. The zero-order valence-corrected chi connectivity index (χ0v) is 22.0. The topological polar surface area (TPSA) is 105 Å². The van der Waals surface area contributed by atoms with Crippen LogP contribution in [0.3, 0.4) is 0 Å². The molecule has 7 heteroatoms. The summed E-state index contributed by atoms with van der Waals surface area (Å²) in [6.45, 7) is 6.92. The number of ether oxygens (including phenoxy) is 3. The van der Waals surface area contributed by atoms with Crippen molar-refractivity contribution < 1.29 is 34.3 Å². The molecule has 2 heterocycles. The van der Waals surface area contributed by atoms with E-state index in [9.17, 15) is 20.1 Å². The Morgan fingerprint density at radius 1 is 1.00 bits per heavy atom. The van der Waals surface area contributed by atoms with Crippen LogP contribution in [0.2, 0.25) is 0 Å². The third-order valence-electron chi connectivity index (χ3n) is 12.0. The van der Waals surface area contributed by atoms with Gasteiger partial charge in [0, 0.05) is 17.9 Å². The minimum absolute atomic E-state index is 0.110. The highest BCUT2D eigenvalue weighted by Crippen LogP contribution is 2.70. The van der Waals surface area contributed by atoms with E-state index < -0.39 is 30.2 Å². The van der Waals surface area contributed by atoms with Gasteiger partial charge in [0.2, 0.25) is 0 Å². The van der Waals surface area contributed by atoms with Crippen molar-refractivity contribution in [2.45, 2.75) is 121 Å². The maximum absolute atomic E-state index is 12.4. The molecular formula is C29H44O7. The fraction of sp³-hybridized carbons (Fsp3) is 0.897. The Morgan fingerprint density at radius 2 is 1.81 bits per heavy atom. The van der Waals surface area contributed by atoms with E-state index in [0.29, 0.717) is 30.8 Å². The van der Waals surface area contributed by atoms with E-state index in [1.807, 2.05) is 0 Å². The molecule has 3 N–H and O–H groups in total. The van der Waals surface area contributed by atoms with Gasteiger partial charge in [-0.1, -0.05) is 13.8 Å². The molecule has 36 heavy (non-hydrogen) atoms. The third-order valence-corrected chi connectivity index (χ3v) is 12.0. The van der Waals surface area contributed by atoms with E-state index in [2.05, 4.69) is 13.8 Å². The van der Waals surface area contributed by atoms with Gasteiger partial charge < -0.3 is 29.5 Å². The molecule has 12 atom stereocenters. The van der Waals surface area contributed by atoms with E-state index in [0.717, 1.165) is 63.4 Å². The Morgan fingerprint density at radius 3 is 2.53 bits per heavy atom. The van der Waals surface area contributed by atoms with Crippen molar-refractivity contribution in [3.05, 3.63) is 11.6 Å². The van der Waals surface area contributed by atoms with Crippen molar-refractivity contribution in [1.29, 1.82) is 0 Å². The van der Waals surface area contributed by atoms with Crippen molar-refractivity contribution in [1.82, 2.24) is 0 Å². The molecule has 7 nitrogen and oxygen atoms in total. The fourth-order valence-electron chi connectivity index (χ4n) is 9.82. The molecule has 4 unspecified atom stereocenters. The maximum Gasteiger partial charge on any atom is 0.331 e. The van der Waals surface area contributed by atoms with Crippen LogP contribution in [0.15, 0.2) is 11.6 Å². The molecule has 4 aliphatic carbocycles. The molecule has 0 spiro atoms. The fourth-order valence-corrected chi connectivity index (χ4v) is 9.82. The van der Waals surface area contributed by atoms with E-state index in [-0.39, 0.29) is 28.8 Å². The van der Waals surface area contributed by atoms with Gasteiger partial charge in [0.05, 0.1) is 23.9 Å². The van der Waals surface area contributed by atoms with Gasteiger partial charge in [-0.05, 0) is 99.4 Å². The molecule has 5 fully saturated rings. The van der Waals surface area contributed by atoms with Crippen molar-refractivity contribution in [3.63, 3.8) is 0 Å². The SMILES string of the molecule is CC1O[C@@H](OC2CC[C@]3(C)C4CC[C@]5(C)[C@@H](C6=CC(=O)OC6)CC[C@]5(O)C4CC[C@@H]3C2)C[C@@H](O)[C@@H]1O. The first kappa shape index (κ1) is 25.3. The Hall–Kier alpha value is -0.990. The zero-order valence-electron chi connectivity index (χ0n) is 22.0. The second-order valence-electron chi connectivity index (χ2n) is 13.4. The Labute approximate surface area is 214 Å². The summed E-state index contributed by atoms with van der Waals surface area (Å²) in [5.74, 6) is 1.37. The maximum atomic E-state index is 12.4. The Balaban J connectivity index is 1.15. The summed E-state index contributed by atoms with van der Waals surface area (Å²) >= 11 is 0. The highest BCUT2D eigenvalue weighted by Gasteiger charge is 2.67. The molecule has 6 rings (SSSR count).